The van der Waals surface area contributed by atoms with Gasteiger partial charge >= 0.3 is 0 Å². The summed E-state index contributed by atoms with van der Waals surface area (Å²) in [7, 11) is -3.96. The first kappa shape index (κ1) is 26.4. The smallest absolute Gasteiger partial charge is 0.243 e. The molecule has 0 unspecified atom stereocenters. The molecule has 0 heterocycles. The van der Waals surface area contributed by atoms with Crippen LogP contribution >= 0.6 is 39.3 Å². The van der Waals surface area contributed by atoms with Gasteiger partial charge in [0.1, 0.15) is 0 Å². The van der Waals surface area contributed by atoms with Crippen LogP contribution in [0.25, 0.3) is 0 Å². The van der Waals surface area contributed by atoms with Crippen molar-refractivity contribution in [1.82, 2.24) is 4.31 Å². The average molecular weight is 602 g/mol. The number of carbonyl (C=O) groups excluding carboxylic acids is 1. The van der Waals surface area contributed by atoms with Crippen molar-refractivity contribution in [2.24, 2.45) is 0 Å². The number of para-hydroxylation sites is 1. The number of benzene rings is 4. The fraction of sp³-hybridized carbons (Fsp3) is 0.0741. The van der Waals surface area contributed by atoms with Gasteiger partial charge in [-0.15, -0.1) is 0 Å². The second-order valence-electron chi connectivity index (χ2n) is 7.81. The zero-order valence-corrected chi connectivity index (χ0v) is 22.9. The molecule has 4 aromatic rings. The van der Waals surface area contributed by atoms with Gasteiger partial charge in [-0.1, -0.05) is 81.8 Å². The summed E-state index contributed by atoms with van der Waals surface area (Å²) in [5.41, 5.74) is 1.33. The highest BCUT2D eigenvalue weighted by Crippen LogP contribution is 2.33. The van der Waals surface area contributed by atoms with Crippen molar-refractivity contribution in [2.45, 2.75) is 21.2 Å². The molecule has 4 aromatic carbocycles. The Morgan fingerprint density at radius 1 is 0.861 bits per heavy atom. The highest BCUT2D eigenvalue weighted by atomic mass is 79.9. The Kier molecular flexibility index (Phi) is 8.87. The van der Waals surface area contributed by atoms with Crippen LogP contribution in [-0.2, 0) is 21.4 Å². The molecule has 0 aromatic heterocycles. The number of carbonyl (C=O) groups is 1. The number of amides is 1. The SMILES string of the molecule is O=C(CN(Cc1ccc(Cl)cc1)S(=O)(=O)c1ccc(Br)cc1)Nc1ccccc1Sc1ccccc1. The second kappa shape index (κ2) is 12.1. The van der Waals surface area contributed by atoms with Crippen LogP contribution in [0.15, 0.2) is 122 Å². The van der Waals surface area contributed by atoms with Crippen LogP contribution < -0.4 is 5.32 Å². The first-order valence-electron chi connectivity index (χ1n) is 10.9. The van der Waals surface area contributed by atoms with Gasteiger partial charge in [-0.2, -0.15) is 4.31 Å². The minimum absolute atomic E-state index is 0.0173. The lowest BCUT2D eigenvalue weighted by Crippen LogP contribution is -2.37. The van der Waals surface area contributed by atoms with Crippen LogP contribution in [0.2, 0.25) is 5.02 Å². The van der Waals surface area contributed by atoms with E-state index in [1.54, 1.807) is 42.5 Å². The molecular formula is C27H22BrClN2O3S2. The Morgan fingerprint density at radius 3 is 2.19 bits per heavy atom. The number of rotatable bonds is 9. The topological polar surface area (TPSA) is 66.5 Å². The van der Waals surface area contributed by atoms with Gasteiger partial charge in [-0.3, -0.25) is 4.79 Å². The van der Waals surface area contributed by atoms with Gasteiger partial charge < -0.3 is 5.32 Å². The lowest BCUT2D eigenvalue weighted by Gasteiger charge is -2.22. The summed E-state index contributed by atoms with van der Waals surface area (Å²) >= 11 is 10.8. The molecule has 4 rings (SSSR count). The molecular weight excluding hydrogens is 580 g/mol. The highest BCUT2D eigenvalue weighted by Gasteiger charge is 2.27. The van der Waals surface area contributed by atoms with Crippen LogP contribution in [0.1, 0.15) is 5.56 Å². The number of nitrogens with zero attached hydrogens (tertiary/aromatic N) is 1. The van der Waals surface area contributed by atoms with Crippen LogP contribution in [-0.4, -0.2) is 25.2 Å². The maximum Gasteiger partial charge on any atom is 0.243 e. The third kappa shape index (κ3) is 6.99. The molecule has 0 bridgehead atoms. The van der Waals surface area contributed by atoms with Crippen molar-refractivity contribution in [3.8, 4) is 0 Å². The first-order chi connectivity index (χ1) is 17.3. The predicted octanol–water partition coefficient (Wildman–Crippen LogP) is 7.08. The number of nitrogens with one attached hydrogen (secondary N) is 1. The molecule has 0 aliphatic carbocycles. The standard InChI is InChI=1S/C27H22BrClN2O3S2/c28-21-12-16-24(17-13-21)36(33,34)31(18-20-10-14-22(29)15-11-20)19-27(32)30-25-8-4-5-9-26(25)35-23-6-2-1-3-7-23/h1-17H,18-19H2,(H,30,32). The number of hydrogen-bond acceptors (Lipinski definition) is 4. The van der Waals surface area contributed by atoms with Gasteiger partial charge in [0, 0.05) is 25.8 Å². The molecule has 1 amide bonds. The summed E-state index contributed by atoms with van der Waals surface area (Å²) in [5.74, 6) is -0.439. The Bertz CT molecular complexity index is 1430. The summed E-state index contributed by atoms with van der Waals surface area (Å²) in [5, 5.41) is 3.44. The van der Waals surface area contributed by atoms with Crippen molar-refractivity contribution in [3.63, 3.8) is 0 Å². The second-order valence-corrected chi connectivity index (χ2v) is 12.2. The summed E-state index contributed by atoms with van der Waals surface area (Å²) in [6, 6.07) is 30.5. The van der Waals surface area contributed by atoms with E-state index in [2.05, 4.69) is 21.2 Å². The summed E-state index contributed by atoms with van der Waals surface area (Å²) in [4.78, 5) is 15.1. The zero-order valence-electron chi connectivity index (χ0n) is 19.0. The number of hydrogen-bond donors (Lipinski definition) is 1. The van der Waals surface area contributed by atoms with E-state index in [1.165, 1.54) is 28.2 Å². The van der Waals surface area contributed by atoms with Gasteiger partial charge in [0.05, 0.1) is 17.1 Å². The van der Waals surface area contributed by atoms with E-state index < -0.39 is 15.9 Å². The third-order valence-corrected chi connectivity index (χ3v) is 8.85. The van der Waals surface area contributed by atoms with Crippen LogP contribution in [0.5, 0.6) is 0 Å². The Labute approximate surface area is 228 Å². The first-order valence-corrected chi connectivity index (χ1v) is 14.4. The molecule has 36 heavy (non-hydrogen) atoms. The number of halogens is 2. The zero-order chi connectivity index (χ0) is 25.5. The van der Waals surface area contributed by atoms with Gasteiger partial charge in [0.25, 0.3) is 0 Å². The predicted molar refractivity (Wildman–Crippen MR) is 149 cm³/mol. The minimum Gasteiger partial charge on any atom is -0.324 e. The molecule has 0 saturated carbocycles. The van der Waals surface area contributed by atoms with E-state index in [1.807, 2.05) is 48.5 Å². The van der Waals surface area contributed by atoms with Gasteiger partial charge in [-0.05, 0) is 66.2 Å². The molecule has 0 spiro atoms. The normalized spacial score (nSPS) is 11.4. The quantitative estimate of drug-likeness (QED) is 0.223. The third-order valence-electron chi connectivity index (χ3n) is 5.18. The minimum atomic E-state index is -3.96. The number of anilines is 1. The van der Waals surface area contributed by atoms with Crippen LogP contribution in [0, 0.1) is 0 Å². The summed E-state index contributed by atoms with van der Waals surface area (Å²) in [6.07, 6.45) is 0. The Morgan fingerprint density at radius 2 is 1.50 bits per heavy atom. The molecule has 0 aliphatic rings. The van der Waals surface area contributed by atoms with Gasteiger partial charge in [0.15, 0.2) is 0 Å². The van der Waals surface area contributed by atoms with Crippen molar-refractivity contribution >= 4 is 60.9 Å². The largest absolute Gasteiger partial charge is 0.324 e. The van der Waals surface area contributed by atoms with E-state index in [0.717, 1.165) is 14.3 Å². The fourth-order valence-electron chi connectivity index (χ4n) is 3.40. The fourth-order valence-corrected chi connectivity index (χ4v) is 6.10. The van der Waals surface area contributed by atoms with Crippen molar-refractivity contribution in [1.29, 1.82) is 0 Å². The van der Waals surface area contributed by atoms with Crippen molar-refractivity contribution in [2.75, 3.05) is 11.9 Å². The number of sulfonamides is 1. The van der Waals surface area contributed by atoms with Gasteiger partial charge in [-0.25, -0.2) is 8.42 Å². The molecule has 0 fully saturated rings. The van der Waals surface area contributed by atoms with E-state index in [9.17, 15) is 13.2 Å². The average Bonchev–Trinajstić information content (AvgIpc) is 2.87. The van der Waals surface area contributed by atoms with Crippen LogP contribution in [0.4, 0.5) is 5.69 Å². The molecule has 0 aliphatic heterocycles. The summed E-state index contributed by atoms with van der Waals surface area (Å²) in [6.45, 7) is -0.339. The Balaban J connectivity index is 1.57. The molecule has 9 heteroatoms. The molecule has 1 N–H and O–H groups in total. The molecule has 0 atom stereocenters. The maximum atomic E-state index is 13.5. The highest BCUT2D eigenvalue weighted by molar-refractivity contribution is 9.10. The van der Waals surface area contributed by atoms with Gasteiger partial charge in [0.2, 0.25) is 15.9 Å². The summed E-state index contributed by atoms with van der Waals surface area (Å²) < 4.78 is 29.0. The molecule has 0 radical (unpaired) electrons. The lowest BCUT2D eigenvalue weighted by molar-refractivity contribution is -0.116. The maximum absolute atomic E-state index is 13.5. The van der Waals surface area contributed by atoms with E-state index in [4.69, 9.17) is 11.6 Å². The molecule has 5 nitrogen and oxygen atoms in total. The van der Waals surface area contributed by atoms with Crippen molar-refractivity contribution < 1.29 is 13.2 Å². The van der Waals surface area contributed by atoms with Crippen LogP contribution in [0.3, 0.4) is 0 Å². The lowest BCUT2D eigenvalue weighted by atomic mass is 10.2. The van der Waals surface area contributed by atoms with E-state index >= 15 is 0 Å². The molecule has 0 saturated heterocycles. The van der Waals surface area contributed by atoms with E-state index in [0.29, 0.717) is 16.3 Å². The Hall–Kier alpha value is -2.62. The van der Waals surface area contributed by atoms with E-state index in [-0.39, 0.29) is 18.0 Å². The monoisotopic (exact) mass is 600 g/mol. The molecule has 184 valence electrons. The van der Waals surface area contributed by atoms with Crippen molar-refractivity contribution in [3.05, 3.63) is 118 Å².